The lowest BCUT2D eigenvalue weighted by Gasteiger charge is -2.29. The zero-order valence-electron chi connectivity index (χ0n) is 16.5. The number of nitrogens with one attached hydrogen (secondary N) is 1. The normalized spacial score (nSPS) is 24.8. The molecule has 1 amide bonds. The van der Waals surface area contributed by atoms with Crippen LogP contribution in [0, 0.1) is 12.8 Å². The molecule has 1 fully saturated rings. The maximum atomic E-state index is 13.1. The highest BCUT2D eigenvalue weighted by atomic mass is 16.2. The Morgan fingerprint density at radius 1 is 1.10 bits per heavy atom. The molecule has 0 saturated carbocycles. The number of carbonyl (C=O) groups excluding carboxylic acids is 1. The fourth-order valence-corrected chi connectivity index (χ4v) is 4.22. The summed E-state index contributed by atoms with van der Waals surface area (Å²) in [6.45, 7) is 4.05. The molecule has 5 heterocycles. The van der Waals surface area contributed by atoms with Gasteiger partial charge in [0.05, 0.1) is 5.69 Å². The van der Waals surface area contributed by atoms with E-state index >= 15 is 0 Å². The molecule has 0 radical (unpaired) electrons. The van der Waals surface area contributed by atoms with Crippen LogP contribution in [-0.2, 0) is 4.79 Å². The highest BCUT2D eigenvalue weighted by Gasteiger charge is 2.23. The van der Waals surface area contributed by atoms with Gasteiger partial charge in [0, 0.05) is 30.4 Å². The third-order valence-electron chi connectivity index (χ3n) is 5.78. The summed E-state index contributed by atoms with van der Waals surface area (Å²) < 4.78 is 2.00. The average Bonchev–Trinajstić information content (AvgIpc) is 3.11. The summed E-state index contributed by atoms with van der Waals surface area (Å²) in [6, 6.07) is 4.00. The Morgan fingerprint density at radius 3 is 2.83 bits per heavy atom. The highest BCUT2D eigenvalue weighted by Crippen LogP contribution is 2.29. The van der Waals surface area contributed by atoms with Crippen LogP contribution in [0.3, 0.4) is 0 Å². The van der Waals surface area contributed by atoms with Gasteiger partial charge < -0.3 is 9.72 Å². The first-order valence-electron chi connectivity index (χ1n) is 10.2. The van der Waals surface area contributed by atoms with Crippen LogP contribution < -0.4 is 5.32 Å². The van der Waals surface area contributed by atoms with Crippen LogP contribution in [0.25, 0.3) is 11.2 Å². The molecule has 29 heavy (non-hydrogen) atoms. The van der Waals surface area contributed by atoms with E-state index in [-0.39, 0.29) is 5.91 Å². The second kappa shape index (κ2) is 7.33. The van der Waals surface area contributed by atoms with E-state index in [9.17, 15) is 4.79 Å². The molecule has 0 aliphatic carbocycles. The van der Waals surface area contributed by atoms with E-state index in [0.29, 0.717) is 5.92 Å². The first-order chi connectivity index (χ1) is 14.2. The maximum absolute atomic E-state index is 13.1. The number of fused-ring (bicyclic) bond motifs is 2. The third kappa shape index (κ3) is 3.49. The van der Waals surface area contributed by atoms with E-state index in [1.54, 1.807) is 11.0 Å². The number of imidazole rings is 1. The van der Waals surface area contributed by atoms with Gasteiger partial charge in [0.2, 0.25) is 0 Å². The molecule has 5 heteroatoms. The van der Waals surface area contributed by atoms with Crippen LogP contribution in [0.5, 0.6) is 0 Å². The zero-order valence-corrected chi connectivity index (χ0v) is 16.5. The number of allylic oxidation sites excluding steroid dienone is 7. The first-order valence-corrected chi connectivity index (χ1v) is 10.2. The highest BCUT2D eigenvalue weighted by molar-refractivity contribution is 5.99. The van der Waals surface area contributed by atoms with Gasteiger partial charge in [-0.2, -0.15) is 0 Å². The molecule has 0 spiro atoms. The number of nitrogens with zero attached hydrogens (tertiary/aromatic N) is 3. The third-order valence-corrected chi connectivity index (χ3v) is 5.78. The van der Waals surface area contributed by atoms with Crippen molar-refractivity contribution in [3.05, 3.63) is 89.7 Å². The predicted octanol–water partition coefficient (Wildman–Crippen LogP) is 3.76. The van der Waals surface area contributed by atoms with E-state index in [1.807, 2.05) is 60.3 Å². The van der Waals surface area contributed by atoms with Crippen LogP contribution in [0.15, 0.2) is 78.5 Å². The number of aromatic nitrogens is 2. The number of piperidine rings is 1. The van der Waals surface area contributed by atoms with Crippen molar-refractivity contribution in [1.82, 2.24) is 19.6 Å². The van der Waals surface area contributed by atoms with Gasteiger partial charge in [0.15, 0.2) is 0 Å². The number of aryl methyl sites for hydroxylation is 1. The number of hydrogen-bond acceptors (Lipinski definition) is 3. The van der Waals surface area contributed by atoms with Crippen molar-refractivity contribution in [3.63, 3.8) is 0 Å². The van der Waals surface area contributed by atoms with Crippen molar-refractivity contribution in [2.24, 2.45) is 5.92 Å². The van der Waals surface area contributed by atoms with E-state index in [1.165, 1.54) is 5.57 Å². The lowest BCUT2D eigenvalue weighted by Crippen LogP contribution is -2.31. The molecule has 146 valence electrons. The van der Waals surface area contributed by atoms with E-state index < -0.39 is 0 Å². The second-order valence-corrected chi connectivity index (χ2v) is 7.81. The minimum Gasteiger partial charge on any atom is -0.317 e. The lowest BCUT2D eigenvalue weighted by atomic mass is 9.88. The van der Waals surface area contributed by atoms with Crippen molar-refractivity contribution < 1.29 is 4.79 Å². The minimum absolute atomic E-state index is 0.0201. The Morgan fingerprint density at radius 2 is 1.97 bits per heavy atom. The SMILES string of the molecule is Cc1cn2cc(C3=C\C(=O)N4C=C(C5CCNCC5)C=C\C4=C/C=C/3)ccc2n1. The Bertz CT molecular complexity index is 1120. The van der Waals surface area contributed by atoms with E-state index in [0.717, 1.165) is 54.1 Å². The molecule has 2 aromatic heterocycles. The van der Waals surface area contributed by atoms with Crippen molar-refractivity contribution in [2.45, 2.75) is 19.8 Å². The summed E-state index contributed by atoms with van der Waals surface area (Å²) in [5, 5.41) is 3.41. The summed E-state index contributed by atoms with van der Waals surface area (Å²) in [6.07, 6.45) is 20.2. The van der Waals surface area contributed by atoms with Crippen molar-refractivity contribution in [3.8, 4) is 0 Å². The average molecular weight is 384 g/mol. The van der Waals surface area contributed by atoms with Gasteiger partial charge >= 0.3 is 0 Å². The Labute approximate surface area is 170 Å². The van der Waals surface area contributed by atoms with Gasteiger partial charge in [-0.1, -0.05) is 18.2 Å². The van der Waals surface area contributed by atoms with Crippen LogP contribution in [0.1, 0.15) is 24.1 Å². The minimum atomic E-state index is -0.0201. The first kappa shape index (κ1) is 17.9. The largest absolute Gasteiger partial charge is 0.317 e. The Hall–Kier alpha value is -3.18. The molecule has 2 aromatic rings. The molecule has 5 nitrogen and oxygen atoms in total. The molecule has 0 unspecified atom stereocenters. The molecule has 1 N–H and O–H groups in total. The standard InChI is InChI=1S/C24H24N4O/c1-17-14-27-15-20(6-8-23(27)26-17)19-3-2-4-22-7-5-21(16-28(22)24(29)13-19)18-9-11-25-12-10-18/h2-8,13-16,18,25H,9-12H2,1H3/b3-2+,19-13+,22-4+. The van der Waals surface area contributed by atoms with Gasteiger partial charge in [-0.15, -0.1) is 0 Å². The van der Waals surface area contributed by atoms with Crippen LogP contribution in [-0.4, -0.2) is 33.3 Å². The van der Waals surface area contributed by atoms with E-state index in [4.69, 9.17) is 0 Å². The molecule has 0 atom stereocenters. The summed E-state index contributed by atoms with van der Waals surface area (Å²) in [5.41, 5.74) is 5.91. The second-order valence-electron chi connectivity index (χ2n) is 7.81. The molecule has 0 aromatic carbocycles. The van der Waals surface area contributed by atoms with Gasteiger partial charge in [-0.3, -0.25) is 9.69 Å². The fourth-order valence-electron chi connectivity index (χ4n) is 4.22. The van der Waals surface area contributed by atoms with Crippen LogP contribution in [0.4, 0.5) is 0 Å². The fraction of sp³-hybridized carbons (Fsp3) is 0.250. The number of pyridine rings is 1. The van der Waals surface area contributed by atoms with Crippen molar-refractivity contribution >= 4 is 17.1 Å². The van der Waals surface area contributed by atoms with Gasteiger partial charge in [-0.05, 0) is 79.8 Å². The quantitative estimate of drug-likeness (QED) is 0.858. The van der Waals surface area contributed by atoms with Crippen molar-refractivity contribution in [2.75, 3.05) is 13.1 Å². The van der Waals surface area contributed by atoms with Gasteiger partial charge in [0.1, 0.15) is 5.65 Å². The van der Waals surface area contributed by atoms with Crippen LogP contribution >= 0.6 is 0 Å². The summed E-state index contributed by atoms with van der Waals surface area (Å²) >= 11 is 0. The Kier molecular flexibility index (Phi) is 4.52. The maximum Gasteiger partial charge on any atom is 0.255 e. The molecule has 1 saturated heterocycles. The monoisotopic (exact) mass is 384 g/mol. The smallest absolute Gasteiger partial charge is 0.255 e. The number of rotatable bonds is 2. The molecular formula is C24H24N4O. The van der Waals surface area contributed by atoms with Gasteiger partial charge in [-0.25, -0.2) is 4.98 Å². The summed E-state index contributed by atoms with van der Waals surface area (Å²) in [5.74, 6) is 0.492. The Balaban J connectivity index is 1.48. The number of carbonyl (C=O) groups is 1. The lowest BCUT2D eigenvalue weighted by molar-refractivity contribution is -0.122. The molecule has 5 rings (SSSR count). The number of amides is 1. The zero-order chi connectivity index (χ0) is 19.8. The van der Waals surface area contributed by atoms with Crippen LogP contribution in [0.2, 0.25) is 0 Å². The van der Waals surface area contributed by atoms with Crippen molar-refractivity contribution in [1.29, 1.82) is 0 Å². The summed E-state index contributed by atoms with van der Waals surface area (Å²) in [7, 11) is 0. The molecule has 3 aliphatic rings. The predicted molar refractivity (Wildman–Crippen MR) is 115 cm³/mol. The van der Waals surface area contributed by atoms with Gasteiger partial charge in [0.25, 0.3) is 5.91 Å². The molecule has 0 bridgehead atoms. The number of hydrogen-bond donors (Lipinski definition) is 1. The summed E-state index contributed by atoms with van der Waals surface area (Å²) in [4.78, 5) is 19.4. The van der Waals surface area contributed by atoms with E-state index in [2.05, 4.69) is 22.5 Å². The molecule has 3 aliphatic heterocycles. The molecular weight excluding hydrogens is 360 g/mol. The topological polar surface area (TPSA) is 49.6 Å².